The summed E-state index contributed by atoms with van der Waals surface area (Å²) in [6, 6.07) is 0. The molecule has 0 radical (unpaired) electrons. The van der Waals surface area contributed by atoms with Gasteiger partial charge in [0.1, 0.15) is 6.61 Å². The van der Waals surface area contributed by atoms with E-state index in [4.69, 9.17) is 9.47 Å². The lowest BCUT2D eigenvalue weighted by molar-refractivity contribution is -0.144. The zero-order valence-corrected chi connectivity index (χ0v) is 14.7. The molecule has 4 nitrogen and oxygen atoms in total. The van der Waals surface area contributed by atoms with Gasteiger partial charge in [0.05, 0.1) is 6.61 Å². The van der Waals surface area contributed by atoms with Gasteiger partial charge >= 0.3 is 11.9 Å². The molecule has 0 spiro atoms. The second-order valence-corrected chi connectivity index (χ2v) is 5.11. The van der Waals surface area contributed by atoms with E-state index >= 15 is 0 Å². The molecule has 0 N–H and O–H groups in total. The van der Waals surface area contributed by atoms with Gasteiger partial charge in [-0.1, -0.05) is 59.1 Å². The van der Waals surface area contributed by atoms with E-state index in [-0.39, 0.29) is 11.9 Å². The van der Waals surface area contributed by atoms with Gasteiger partial charge in [0, 0.05) is 12.8 Å². The maximum atomic E-state index is 10.9. The molecular formula is C18H34O4. The fraction of sp³-hybridized carbons (Fsp3) is 0.778. The van der Waals surface area contributed by atoms with Crippen LogP contribution in [0.15, 0.2) is 12.7 Å². The fourth-order valence-electron chi connectivity index (χ4n) is 1.55. The van der Waals surface area contributed by atoms with E-state index < -0.39 is 0 Å². The van der Waals surface area contributed by atoms with Crippen LogP contribution in [0.3, 0.4) is 0 Å². The van der Waals surface area contributed by atoms with Gasteiger partial charge in [-0.15, -0.1) is 0 Å². The molecule has 0 amide bonds. The van der Waals surface area contributed by atoms with Crippen molar-refractivity contribution in [3.63, 3.8) is 0 Å². The minimum atomic E-state index is -0.113. The maximum absolute atomic E-state index is 10.9. The Kier molecular flexibility index (Phi) is 20.5. The van der Waals surface area contributed by atoms with Gasteiger partial charge in [-0.05, 0) is 19.3 Å². The summed E-state index contributed by atoms with van der Waals surface area (Å²) in [5.41, 5.74) is 0. The fourth-order valence-corrected chi connectivity index (χ4v) is 1.55. The van der Waals surface area contributed by atoms with Crippen molar-refractivity contribution in [3.8, 4) is 0 Å². The first-order valence-corrected chi connectivity index (χ1v) is 8.54. The number of rotatable bonds is 12. The van der Waals surface area contributed by atoms with Crippen LogP contribution < -0.4 is 0 Å². The molecule has 0 saturated carbocycles. The summed E-state index contributed by atoms with van der Waals surface area (Å²) in [7, 11) is 0. The first-order valence-electron chi connectivity index (χ1n) is 8.54. The summed E-state index contributed by atoms with van der Waals surface area (Å²) >= 11 is 0. The average Bonchev–Trinajstić information content (AvgIpc) is 2.52. The number of esters is 2. The van der Waals surface area contributed by atoms with Crippen molar-refractivity contribution < 1.29 is 19.1 Å². The lowest BCUT2D eigenvalue weighted by atomic mass is 10.2. The predicted octanol–water partition coefficient (Wildman–Crippen LogP) is 4.82. The van der Waals surface area contributed by atoms with Gasteiger partial charge in [-0.25, -0.2) is 0 Å². The van der Waals surface area contributed by atoms with Crippen molar-refractivity contribution in [2.75, 3.05) is 13.2 Å². The van der Waals surface area contributed by atoms with Crippen LogP contribution in [-0.2, 0) is 19.1 Å². The van der Waals surface area contributed by atoms with Gasteiger partial charge < -0.3 is 9.47 Å². The molecule has 0 aliphatic rings. The van der Waals surface area contributed by atoms with Crippen LogP contribution in [0.1, 0.15) is 78.6 Å². The van der Waals surface area contributed by atoms with Gasteiger partial charge in [0.25, 0.3) is 0 Å². The maximum Gasteiger partial charge on any atom is 0.306 e. The number of carbonyl (C=O) groups excluding carboxylic acids is 2. The highest BCUT2D eigenvalue weighted by Gasteiger charge is 2.00. The smallest absolute Gasteiger partial charge is 0.306 e. The van der Waals surface area contributed by atoms with Crippen LogP contribution >= 0.6 is 0 Å². The molecule has 0 heterocycles. The van der Waals surface area contributed by atoms with E-state index in [0.29, 0.717) is 26.1 Å². The molecule has 0 bridgehead atoms. The number of hydrogen-bond acceptors (Lipinski definition) is 4. The van der Waals surface area contributed by atoms with Crippen LogP contribution in [0, 0.1) is 0 Å². The molecule has 0 aromatic carbocycles. The molecule has 0 unspecified atom stereocenters. The van der Waals surface area contributed by atoms with Crippen LogP contribution in [0.2, 0.25) is 0 Å². The SMILES string of the molecule is C=CCOC(=O)CCCCC.CCCCCC(=O)OCCC. The van der Waals surface area contributed by atoms with Crippen molar-refractivity contribution in [1.82, 2.24) is 0 Å². The van der Waals surface area contributed by atoms with Crippen molar-refractivity contribution in [2.45, 2.75) is 78.6 Å². The molecule has 130 valence electrons. The Morgan fingerprint density at radius 1 is 0.818 bits per heavy atom. The molecule has 0 saturated heterocycles. The molecule has 0 aromatic heterocycles. The van der Waals surface area contributed by atoms with E-state index in [1.54, 1.807) is 6.08 Å². The number of ether oxygens (including phenoxy) is 2. The lowest BCUT2D eigenvalue weighted by Crippen LogP contribution is -2.04. The van der Waals surface area contributed by atoms with E-state index in [0.717, 1.165) is 44.9 Å². The van der Waals surface area contributed by atoms with E-state index in [1.165, 1.54) is 0 Å². The highest BCUT2D eigenvalue weighted by molar-refractivity contribution is 5.69. The Labute approximate surface area is 136 Å². The quantitative estimate of drug-likeness (QED) is 0.294. The van der Waals surface area contributed by atoms with E-state index in [2.05, 4.69) is 20.4 Å². The summed E-state index contributed by atoms with van der Waals surface area (Å²) < 4.78 is 9.68. The lowest BCUT2D eigenvalue weighted by Gasteiger charge is -2.01. The second-order valence-electron chi connectivity index (χ2n) is 5.11. The highest BCUT2D eigenvalue weighted by atomic mass is 16.5. The summed E-state index contributed by atoms with van der Waals surface area (Å²) in [5, 5.41) is 0. The molecule has 0 aromatic rings. The zero-order chi connectivity index (χ0) is 17.1. The largest absolute Gasteiger partial charge is 0.466 e. The number of carbonyl (C=O) groups is 2. The molecule has 22 heavy (non-hydrogen) atoms. The van der Waals surface area contributed by atoms with Crippen molar-refractivity contribution in [1.29, 1.82) is 0 Å². The first-order chi connectivity index (χ1) is 10.6. The monoisotopic (exact) mass is 314 g/mol. The molecular weight excluding hydrogens is 280 g/mol. The predicted molar refractivity (Wildman–Crippen MR) is 90.7 cm³/mol. The minimum Gasteiger partial charge on any atom is -0.466 e. The third-order valence-corrected chi connectivity index (χ3v) is 2.80. The van der Waals surface area contributed by atoms with Crippen molar-refractivity contribution >= 4 is 11.9 Å². The van der Waals surface area contributed by atoms with Crippen LogP contribution in [0.25, 0.3) is 0 Å². The number of unbranched alkanes of at least 4 members (excludes halogenated alkanes) is 4. The van der Waals surface area contributed by atoms with Gasteiger partial charge in [0.2, 0.25) is 0 Å². The first kappa shape index (κ1) is 23.0. The molecule has 0 rings (SSSR count). The molecule has 0 atom stereocenters. The second kappa shape index (κ2) is 19.7. The summed E-state index contributed by atoms with van der Waals surface area (Å²) in [6.07, 6.45) is 10.1. The van der Waals surface area contributed by atoms with E-state index in [1.807, 2.05) is 6.92 Å². The Morgan fingerprint density at radius 2 is 1.32 bits per heavy atom. The Bertz CT molecular complexity index is 274. The van der Waals surface area contributed by atoms with Crippen molar-refractivity contribution in [2.24, 2.45) is 0 Å². The summed E-state index contributed by atoms with van der Waals surface area (Å²) in [6.45, 7) is 10.6. The summed E-state index contributed by atoms with van der Waals surface area (Å²) in [4.78, 5) is 21.7. The number of hydrogen-bond donors (Lipinski definition) is 0. The van der Waals surface area contributed by atoms with Gasteiger partial charge in [-0.3, -0.25) is 9.59 Å². The molecule has 4 heteroatoms. The minimum absolute atomic E-state index is 0.0414. The normalized spacial score (nSPS) is 9.41. The van der Waals surface area contributed by atoms with Crippen LogP contribution in [0.5, 0.6) is 0 Å². The summed E-state index contributed by atoms with van der Waals surface area (Å²) in [5.74, 6) is -0.154. The molecule has 0 aliphatic carbocycles. The van der Waals surface area contributed by atoms with E-state index in [9.17, 15) is 9.59 Å². The molecule has 0 aliphatic heterocycles. The Hall–Kier alpha value is -1.32. The topological polar surface area (TPSA) is 52.6 Å². The van der Waals surface area contributed by atoms with Gasteiger partial charge in [-0.2, -0.15) is 0 Å². The Morgan fingerprint density at radius 3 is 1.73 bits per heavy atom. The Balaban J connectivity index is 0. The third-order valence-electron chi connectivity index (χ3n) is 2.80. The standard InChI is InChI=1S/C9H18O2.C9H16O2/c2*1-3-5-6-7-9(10)11-8-4-2/h3-8H2,1-2H3;4H,2-3,5-8H2,1H3. The zero-order valence-electron chi connectivity index (χ0n) is 14.7. The highest BCUT2D eigenvalue weighted by Crippen LogP contribution is 2.01. The third kappa shape index (κ3) is 21.0. The van der Waals surface area contributed by atoms with Crippen LogP contribution in [0.4, 0.5) is 0 Å². The van der Waals surface area contributed by atoms with Gasteiger partial charge in [0.15, 0.2) is 0 Å². The molecule has 0 fully saturated rings. The average molecular weight is 314 g/mol. The van der Waals surface area contributed by atoms with Crippen LogP contribution in [-0.4, -0.2) is 25.2 Å². The van der Waals surface area contributed by atoms with Crippen molar-refractivity contribution in [3.05, 3.63) is 12.7 Å².